The molecule has 1 atom stereocenters. The van der Waals surface area contributed by atoms with Gasteiger partial charge >= 0.3 is 0 Å². The summed E-state index contributed by atoms with van der Waals surface area (Å²) in [5, 5.41) is 2.89. The maximum atomic E-state index is 12.0. The molecule has 1 saturated heterocycles. The van der Waals surface area contributed by atoms with Crippen molar-refractivity contribution >= 4 is 17.6 Å². The van der Waals surface area contributed by atoms with Gasteiger partial charge in [0.1, 0.15) is 5.82 Å². The van der Waals surface area contributed by atoms with Crippen LogP contribution in [0.3, 0.4) is 0 Å². The van der Waals surface area contributed by atoms with Gasteiger partial charge in [0.15, 0.2) is 0 Å². The Morgan fingerprint density at radius 3 is 2.67 bits per heavy atom. The molecule has 0 aliphatic carbocycles. The minimum absolute atomic E-state index is 0.105. The predicted molar refractivity (Wildman–Crippen MR) is 93.4 cm³/mol. The van der Waals surface area contributed by atoms with Crippen LogP contribution in [-0.4, -0.2) is 53.9 Å². The van der Waals surface area contributed by atoms with Crippen LogP contribution in [0.15, 0.2) is 18.3 Å². The summed E-state index contributed by atoms with van der Waals surface area (Å²) in [6, 6.07) is 3.36. The summed E-state index contributed by atoms with van der Waals surface area (Å²) >= 11 is 0. The number of carbonyl (C=O) groups is 2. The van der Waals surface area contributed by atoms with Crippen LogP contribution in [0, 0.1) is 0 Å². The lowest BCUT2D eigenvalue weighted by molar-refractivity contribution is -0.129. The van der Waals surface area contributed by atoms with Crippen LogP contribution in [0.5, 0.6) is 0 Å². The van der Waals surface area contributed by atoms with Crippen molar-refractivity contribution in [2.75, 3.05) is 31.1 Å². The number of amides is 2. The van der Waals surface area contributed by atoms with E-state index in [1.54, 1.807) is 13.1 Å². The summed E-state index contributed by atoms with van der Waals surface area (Å²) in [5.41, 5.74) is 6.80. The van der Waals surface area contributed by atoms with Gasteiger partial charge < -0.3 is 20.9 Å². The Balaban J connectivity index is 1.98. The van der Waals surface area contributed by atoms with Crippen LogP contribution in [0.2, 0.25) is 0 Å². The molecule has 2 heterocycles. The fourth-order valence-electron chi connectivity index (χ4n) is 2.84. The lowest BCUT2D eigenvalue weighted by Crippen LogP contribution is -2.48. The van der Waals surface area contributed by atoms with E-state index in [0.717, 1.165) is 30.9 Å². The molecule has 2 rings (SSSR count). The van der Waals surface area contributed by atoms with Gasteiger partial charge in [0.05, 0.1) is 6.04 Å². The maximum absolute atomic E-state index is 12.0. The molecule has 0 bridgehead atoms. The Labute approximate surface area is 143 Å². The standard InChI is InChI=1S/C17H27N5O2/c1-3-5-15(18)17(24)20-12-14-6-4-7-19-16(14)22-10-8-21(9-11-22)13(2)23/h4,6-7,15H,3,5,8-12,18H2,1-2H3,(H,20,24)/t15-/m0/s1. The van der Waals surface area contributed by atoms with Crippen molar-refractivity contribution in [3.05, 3.63) is 23.9 Å². The number of anilines is 1. The molecule has 1 fully saturated rings. The zero-order valence-corrected chi connectivity index (χ0v) is 14.5. The van der Waals surface area contributed by atoms with Crippen LogP contribution in [0.25, 0.3) is 0 Å². The maximum Gasteiger partial charge on any atom is 0.237 e. The van der Waals surface area contributed by atoms with Crippen LogP contribution < -0.4 is 16.0 Å². The molecule has 1 aliphatic rings. The summed E-state index contributed by atoms with van der Waals surface area (Å²) in [6.07, 6.45) is 3.31. The average Bonchev–Trinajstić information content (AvgIpc) is 2.60. The molecule has 1 aromatic heterocycles. The zero-order valence-electron chi connectivity index (χ0n) is 14.5. The van der Waals surface area contributed by atoms with E-state index in [1.807, 2.05) is 24.0 Å². The normalized spacial score (nSPS) is 16.0. The summed E-state index contributed by atoms with van der Waals surface area (Å²) in [7, 11) is 0. The third-order valence-electron chi connectivity index (χ3n) is 4.28. The summed E-state index contributed by atoms with van der Waals surface area (Å²) in [5.74, 6) is 0.839. The highest BCUT2D eigenvalue weighted by atomic mass is 16.2. The fraction of sp³-hybridized carbons (Fsp3) is 0.588. The molecule has 0 radical (unpaired) electrons. The Kier molecular flexibility index (Phi) is 6.54. The van der Waals surface area contributed by atoms with Crippen molar-refractivity contribution in [1.29, 1.82) is 0 Å². The van der Waals surface area contributed by atoms with E-state index in [9.17, 15) is 9.59 Å². The number of nitrogens with one attached hydrogen (secondary N) is 1. The number of hydrogen-bond donors (Lipinski definition) is 2. The van der Waals surface area contributed by atoms with Gasteiger partial charge in [-0.2, -0.15) is 0 Å². The molecule has 0 saturated carbocycles. The van der Waals surface area contributed by atoms with Gasteiger partial charge in [0, 0.05) is 51.4 Å². The first-order valence-corrected chi connectivity index (χ1v) is 8.50. The minimum Gasteiger partial charge on any atom is -0.353 e. The average molecular weight is 333 g/mol. The van der Waals surface area contributed by atoms with Crippen molar-refractivity contribution < 1.29 is 9.59 Å². The quantitative estimate of drug-likeness (QED) is 0.791. The van der Waals surface area contributed by atoms with Gasteiger partial charge in [-0.15, -0.1) is 0 Å². The number of nitrogens with two attached hydrogens (primary N) is 1. The van der Waals surface area contributed by atoms with E-state index in [1.165, 1.54) is 0 Å². The number of rotatable bonds is 6. The molecule has 7 nitrogen and oxygen atoms in total. The van der Waals surface area contributed by atoms with Crippen LogP contribution in [0.1, 0.15) is 32.3 Å². The fourth-order valence-corrected chi connectivity index (χ4v) is 2.84. The van der Waals surface area contributed by atoms with Gasteiger partial charge in [-0.3, -0.25) is 9.59 Å². The molecule has 1 aliphatic heterocycles. The van der Waals surface area contributed by atoms with Crippen LogP contribution in [-0.2, 0) is 16.1 Å². The minimum atomic E-state index is -0.464. The van der Waals surface area contributed by atoms with Gasteiger partial charge in [-0.1, -0.05) is 19.4 Å². The molecular weight excluding hydrogens is 306 g/mol. The first-order valence-electron chi connectivity index (χ1n) is 8.50. The lowest BCUT2D eigenvalue weighted by Gasteiger charge is -2.35. The monoisotopic (exact) mass is 333 g/mol. The molecule has 0 aromatic carbocycles. The van der Waals surface area contributed by atoms with Crippen molar-refractivity contribution in [2.45, 2.75) is 39.3 Å². The van der Waals surface area contributed by atoms with Gasteiger partial charge in [-0.25, -0.2) is 4.98 Å². The molecule has 3 N–H and O–H groups in total. The smallest absolute Gasteiger partial charge is 0.237 e. The second-order valence-electron chi connectivity index (χ2n) is 6.09. The van der Waals surface area contributed by atoms with E-state index in [4.69, 9.17) is 5.73 Å². The Morgan fingerprint density at radius 1 is 1.33 bits per heavy atom. The van der Waals surface area contributed by atoms with Crippen molar-refractivity contribution in [3.8, 4) is 0 Å². The van der Waals surface area contributed by atoms with E-state index in [-0.39, 0.29) is 11.8 Å². The predicted octanol–water partition coefficient (Wildman–Crippen LogP) is 0.494. The van der Waals surface area contributed by atoms with E-state index < -0.39 is 6.04 Å². The van der Waals surface area contributed by atoms with E-state index in [0.29, 0.717) is 26.1 Å². The highest BCUT2D eigenvalue weighted by molar-refractivity contribution is 5.81. The SMILES string of the molecule is CCC[C@H](N)C(=O)NCc1cccnc1N1CCN(C(C)=O)CC1. The molecular formula is C17H27N5O2. The number of aromatic nitrogens is 1. The molecule has 2 amide bonds. The Bertz CT molecular complexity index is 570. The highest BCUT2D eigenvalue weighted by Gasteiger charge is 2.21. The van der Waals surface area contributed by atoms with E-state index in [2.05, 4.69) is 15.2 Å². The van der Waals surface area contributed by atoms with Crippen molar-refractivity contribution in [2.24, 2.45) is 5.73 Å². The number of carbonyl (C=O) groups excluding carboxylic acids is 2. The van der Waals surface area contributed by atoms with Gasteiger partial charge in [-0.05, 0) is 12.5 Å². The van der Waals surface area contributed by atoms with Crippen LogP contribution in [0.4, 0.5) is 5.82 Å². The van der Waals surface area contributed by atoms with Crippen LogP contribution >= 0.6 is 0 Å². The molecule has 0 spiro atoms. The number of pyridine rings is 1. The molecule has 132 valence electrons. The molecule has 24 heavy (non-hydrogen) atoms. The third kappa shape index (κ3) is 4.67. The van der Waals surface area contributed by atoms with Gasteiger partial charge in [0.25, 0.3) is 0 Å². The first-order chi connectivity index (χ1) is 11.5. The molecule has 7 heteroatoms. The lowest BCUT2D eigenvalue weighted by atomic mass is 10.1. The third-order valence-corrected chi connectivity index (χ3v) is 4.28. The first kappa shape index (κ1) is 18.2. The zero-order chi connectivity index (χ0) is 17.5. The number of piperazine rings is 1. The Morgan fingerprint density at radius 2 is 2.04 bits per heavy atom. The number of hydrogen-bond acceptors (Lipinski definition) is 5. The highest BCUT2D eigenvalue weighted by Crippen LogP contribution is 2.19. The van der Waals surface area contributed by atoms with Crippen molar-refractivity contribution in [1.82, 2.24) is 15.2 Å². The largest absolute Gasteiger partial charge is 0.353 e. The summed E-state index contributed by atoms with van der Waals surface area (Å²) < 4.78 is 0. The number of nitrogens with zero attached hydrogens (tertiary/aromatic N) is 3. The summed E-state index contributed by atoms with van der Waals surface area (Å²) in [6.45, 7) is 6.88. The molecule has 1 aromatic rings. The van der Waals surface area contributed by atoms with Gasteiger partial charge in [0.2, 0.25) is 11.8 Å². The Hall–Kier alpha value is -2.15. The van der Waals surface area contributed by atoms with E-state index >= 15 is 0 Å². The second-order valence-corrected chi connectivity index (χ2v) is 6.09. The van der Waals surface area contributed by atoms with Crippen molar-refractivity contribution in [3.63, 3.8) is 0 Å². The topological polar surface area (TPSA) is 91.6 Å². The molecule has 0 unspecified atom stereocenters. The second kappa shape index (κ2) is 8.63. The summed E-state index contributed by atoms with van der Waals surface area (Å²) in [4.78, 5) is 31.9.